The fourth-order valence-corrected chi connectivity index (χ4v) is 2.63. The van der Waals surface area contributed by atoms with Crippen molar-refractivity contribution in [2.24, 2.45) is 7.05 Å². The maximum atomic E-state index is 13.2. The Morgan fingerprint density at radius 1 is 1.33 bits per heavy atom. The second kappa shape index (κ2) is 5.58. The molecule has 0 bridgehead atoms. The average molecular weight is 403 g/mol. The monoisotopic (exact) mass is 402 g/mol. The topological polar surface area (TPSA) is 77.1 Å². The van der Waals surface area contributed by atoms with Gasteiger partial charge in [0, 0.05) is 25.0 Å². The van der Waals surface area contributed by atoms with Crippen LogP contribution in [0.2, 0.25) is 0 Å². The third-order valence-corrected chi connectivity index (χ3v) is 3.85. The number of alkyl halides is 3. The summed E-state index contributed by atoms with van der Waals surface area (Å²) in [4.78, 5) is 16.3. The van der Waals surface area contributed by atoms with Crippen molar-refractivity contribution in [2.45, 2.75) is 13.1 Å². The predicted molar refractivity (Wildman–Crippen MR) is 81.6 cm³/mol. The molecule has 0 spiro atoms. The summed E-state index contributed by atoms with van der Waals surface area (Å²) in [6, 6.07) is 2.41. The summed E-state index contributed by atoms with van der Waals surface area (Å²) in [5.74, 6) is -0.441. The third-order valence-electron chi connectivity index (χ3n) is 3.12. The van der Waals surface area contributed by atoms with Crippen LogP contribution in [0.4, 0.5) is 19.0 Å². The normalized spacial score (nSPS) is 11.9. The zero-order chi connectivity index (χ0) is 17.6. The van der Waals surface area contributed by atoms with E-state index in [0.717, 1.165) is 6.07 Å². The molecule has 11 heteroatoms. The van der Waals surface area contributed by atoms with Gasteiger partial charge in [0.05, 0.1) is 4.47 Å². The molecule has 1 N–H and O–H groups in total. The number of anilines is 1. The van der Waals surface area contributed by atoms with Gasteiger partial charge in [-0.05, 0) is 28.9 Å². The van der Waals surface area contributed by atoms with E-state index in [1.807, 2.05) is 0 Å². The zero-order valence-electron chi connectivity index (χ0n) is 12.4. The van der Waals surface area contributed by atoms with Gasteiger partial charge in [-0.15, -0.1) is 0 Å². The molecule has 0 aromatic carbocycles. The van der Waals surface area contributed by atoms with E-state index in [4.69, 9.17) is 0 Å². The highest BCUT2D eigenvalue weighted by Crippen LogP contribution is 2.32. The van der Waals surface area contributed by atoms with Gasteiger partial charge in [0.1, 0.15) is 5.69 Å². The van der Waals surface area contributed by atoms with E-state index < -0.39 is 17.8 Å². The average Bonchev–Trinajstić information content (AvgIpc) is 3.02. The van der Waals surface area contributed by atoms with E-state index in [1.165, 1.54) is 11.6 Å². The van der Waals surface area contributed by atoms with Crippen molar-refractivity contribution in [3.8, 4) is 0 Å². The number of rotatable bonds is 2. The summed E-state index contributed by atoms with van der Waals surface area (Å²) in [5.41, 5.74) is -1.16. The van der Waals surface area contributed by atoms with Gasteiger partial charge in [-0.2, -0.15) is 23.4 Å². The molecule has 3 rings (SSSR count). The molecular weight excluding hydrogens is 393 g/mol. The molecule has 3 heterocycles. The number of nitrogens with one attached hydrogen (secondary N) is 1. The van der Waals surface area contributed by atoms with Crippen molar-refractivity contribution >= 4 is 33.3 Å². The van der Waals surface area contributed by atoms with E-state index in [1.54, 1.807) is 19.3 Å². The summed E-state index contributed by atoms with van der Waals surface area (Å²) in [7, 11) is 1.67. The number of hydrogen-bond acceptors (Lipinski definition) is 4. The SMILES string of the molecule is Cc1cc(C(F)(F)F)n2nc(C(=O)Nc3ccn(C)n3)c(Br)c2n1. The fraction of sp³-hybridized carbons (Fsp3) is 0.231. The Morgan fingerprint density at radius 2 is 2.04 bits per heavy atom. The maximum Gasteiger partial charge on any atom is 0.433 e. The predicted octanol–water partition coefficient (Wildman–Crippen LogP) is 2.80. The van der Waals surface area contributed by atoms with Crippen LogP contribution < -0.4 is 5.32 Å². The highest BCUT2D eigenvalue weighted by molar-refractivity contribution is 9.10. The lowest BCUT2D eigenvalue weighted by atomic mass is 10.3. The second-order valence-corrected chi connectivity index (χ2v) is 5.80. The summed E-state index contributed by atoms with van der Waals surface area (Å²) >= 11 is 3.11. The lowest BCUT2D eigenvalue weighted by Gasteiger charge is -2.09. The Hall–Kier alpha value is -2.43. The Balaban J connectivity index is 2.09. The van der Waals surface area contributed by atoms with Crippen LogP contribution in [-0.4, -0.2) is 30.3 Å². The number of nitrogens with zero attached hydrogens (tertiary/aromatic N) is 5. The minimum atomic E-state index is -4.63. The van der Waals surface area contributed by atoms with Crippen LogP contribution in [-0.2, 0) is 13.2 Å². The molecule has 0 fully saturated rings. The second-order valence-electron chi connectivity index (χ2n) is 5.01. The molecule has 126 valence electrons. The van der Waals surface area contributed by atoms with Gasteiger partial charge < -0.3 is 5.32 Å². The third kappa shape index (κ3) is 2.86. The standard InChI is InChI=1S/C13H10BrF3N6O/c1-6-5-7(13(15,16)17)23-11(18-6)9(14)10(21-23)12(24)19-8-3-4-22(2)20-8/h3-5H,1-2H3,(H,19,20,24). The molecule has 3 aromatic heterocycles. The van der Waals surface area contributed by atoms with Crippen LogP contribution in [0.1, 0.15) is 21.9 Å². The fourth-order valence-electron chi connectivity index (χ4n) is 2.12. The molecule has 1 amide bonds. The number of fused-ring (bicyclic) bond motifs is 1. The summed E-state index contributed by atoms with van der Waals surface area (Å²) in [6.07, 6.45) is -3.02. The first kappa shape index (κ1) is 16.4. The first-order valence-corrected chi connectivity index (χ1v) is 7.40. The Kier molecular flexibility index (Phi) is 3.82. The van der Waals surface area contributed by atoms with Crippen molar-refractivity contribution in [1.82, 2.24) is 24.4 Å². The van der Waals surface area contributed by atoms with E-state index in [-0.39, 0.29) is 27.3 Å². The van der Waals surface area contributed by atoms with Crippen LogP contribution in [0.3, 0.4) is 0 Å². The molecule has 7 nitrogen and oxygen atoms in total. The van der Waals surface area contributed by atoms with Gasteiger partial charge in [0.15, 0.2) is 17.2 Å². The molecule has 0 saturated heterocycles. The number of halogens is 4. The van der Waals surface area contributed by atoms with Crippen molar-refractivity contribution < 1.29 is 18.0 Å². The van der Waals surface area contributed by atoms with Crippen LogP contribution in [0.25, 0.3) is 5.65 Å². The molecule has 0 aliphatic carbocycles. The number of carbonyl (C=O) groups excluding carboxylic acids is 1. The highest BCUT2D eigenvalue weighted by atomic mass is 79.9. The van der Waals surface area contributed by atoms with Gasteiger partial charge >= 0.3 is 6.18 Å². The van der Waals surface area contributed by atoms with Crippen LogP contribution in [0.15, 0.2) is 22.8 Å². The lowest BCUT2D eigenvalue weighted by Crippen LogP contribution is -2.16. The van der Waals surface area contributed by atoms with Crippen molar-refractivity contribution in [3.05, 3.63) is 39.9 Å². The molecular formula is C13H10BrF3N6O. The van der Waals surface area contributed by atoms with Gasteiger partial charge in [-0.3, -0.25) is 9.48 Å². The Labute approximate surface area is 141 Å². The first-order valence-electron chi connectivity index (χ1n) is 6.61. The quantitative estimate of drug-likeness (QED) is 0.714. The van der Waals surface area contributed by atoms with Crippen molar-refractivity contribution in [1.29, 1.82) is 0 Å². The minimum absolute atomic E-state index is 0.0742. The first-order chi connectivity index (χ1) is 11.2. The number of aryl methyl sites for hydroxylation is 2. The lowest BCUT2D eigenvalue weighted by molar-refractivity contribution is -0.142. The van der Waals surface area contributed by atoms with Crippen LogP contribution >= 0.6 is 15.9 Å². The van der Waals surface area contributed by atoms with E-state index in [0.29, 0.717) is 4.52 Å². The van der Waals surface area contributed by atoms with Crippen LogP contribution in [0.5, 0.6) is 0 Å². The summed E-state index contributed by atoms with van der Waals surface area (Å²) < 4.78 is 41.7. The van der Waals surface area contributed by atoms with Gasteiger partial charge in [0.25, 0.3) is 5.91 Å². The Morgan fingerprint density at radius 3 is 2.62 bits per heavy atom. The number of carbonyl (C=O) groups is 1. The molecule has 0 aliphatic rings. The van der Waals surface area contributed by atoms with Crippen molar-refractivity contribution in [3.63, 3.8) is 0 Å². The zero-order valence-corrected chi connectivity index (χ0v) is 14.0. The molecule has 0 unspecified atom stereocenters. The minimum Gasteiger partial charge on any atom is -0.304 e. The number of hydrogen-bond donors (Lipinski definition) is 1. The summed E-state index contributed by atoms with van der Waals surface area (Å²) in [5, 5.41) is 10.2. The molecule has 24 heavy (non-hydrogen) atoms. The molecule has 0 saturated carbocycles. The molecule has 0 atom stereocenters. The van der Waals surface area contributed by atoms with Crippen LogP contribution in [0, 0.1) is 6.92 Å². The van der Waals surface area contributed by atoms with Gasteiger partial charge in [0.2, 0.25) is 0 Å². The number of aromatic nitrogens is 5. The van der Waals surface area contributed by atoms with Gasteiger partial charge in [-0.25, -0.2) is 9.50 Å². The van der Waals surface area contributed by atoms with E-state index in [2.05, 4.69) is 36.4 Å². The summed E-state index contributed by atoms with van der Waals surface area (Å²) in [6.45, 7) is 1.43. The van der Waals surface area contributed by atoms with E-state index in [9.17, 15) is 18.0 Å². The smallest absolute Gasteiger partial charge is 0.304 e. The largest absolute Gasteiger partial charge is 0.433 e. The van der Waals surface area contributed by atoms with Gasteiger partial charge in [-0.1, -0.05) is 0 Å². The molecule has 0 aliphatic heterocycles. The van der Waals surface area contributed by atoms with Crippen molar-refractivity contribution in [2.75, 3.05) is 5.32 Å². The number of amides is 1. The highest BCUT2D eigenvalue weighted by Gasteiger charge is 2.36. The molecule has 3 aromatic rings. The van der Waals surface area contributed by atoms with E-state index >= 15 is 0 Å². The maximum absolute atomic E-state index is 13.2. The Bertz CT molecular complexity index is 945. The molecule has 0 radical (unpaired) electrons.